The highest BCUT2D eigenvalue weighted by atomic mass is 16.4. The van der Waals surface area contributed by atoms with Crippen molar-refractivity contribution in [2.75, 3.05) is 5.73 Å². The van der Waals surface area contributed by atoms with E-state index in [0.29, 0.717) is 11.1 Å². The van der Waals surface area contributed by atoms with Crippen molar-refractivity contribution in [3.8, 4) is 16.9 Å². The number of carboxylic acid groups (broad SMARTS) is 1. The fourth-order valence-corrected chi connectivity index (χ4v) is 1.43. The van der Waals surface area contributed by atoms with Gasteiger partial charge in [-0.3, -0.25) is 5.10 Å². The summed E-state index contributed by atoms with van der Waals surface area (Å²) < 4.78 is 0. The monoisotopic (exact) mass is 219 g/mol. The SMILES string of the molecule is Nc1n[nH]c(C(=O)O)c1-c1ccc(O)cc1. The maximum Gasteiger partial charge on any atom is 0.354 e. The van der Waals surface area contributed by atoms with Crippen molar-refractivity contribution in [1.82, 2.24) is 10.2 Å². The first-order valence-electron chi connectivity index (χ1n) is 4.46. The van der Waals surface area contributed by atoms with E-state index in [4.69, 9.17) is 15.9 Å². The lowest BCUT2D eigenvalue weighted by Crippen LogP contribution is -1.99. The van der Waals surface area contributed by atoms with E-state index in [-0.39, 0.29) is 17.3 Å². The van der Waals surface area contributed by atoms with Gasteiger partial charge in [0.15, 0.2) is 11.5 Å². The number of nitrogen functional groups attached to an aromatic ring is 1. The van der Waals surface area contributed by atoms with Gasteiger partial charge in [-0.25, -0.2) is 4.79 Å². The van der Waals surface area contributed by atoms with E-state index < -0.39 is 5.97 Å². The molecule has 0 radical (unpaired) electrons. The molecular weight excluding hydrogens is 210 g/mol. The highest BCUT2D eigenvalue weighted by molar-refractivity contribution is 5.97. The highest BCUT2D eigenvalue weighted by Gasteiger charge is 2.18. The molecule has 82 valence electrons. The molecule has 0 unspecified atom stereocenters. The number of anilines is 1. The van der Waals surface area contributed by atoms with E-state index in [9.17, 15) is 4.79 Å². The Balaban J connectivity index is 2.58. The van der Waals surface area contributed by atoms with Gasteiger partial charge < -0.3 is 15.9 Å². The van der Waals surface area contributed by atoms with Gasteiger partial charge >= 0.3 is 5.97 Å². The Labute approximate surface area is 90.3 Å². The Morgan fingerprint density at radius 3 is 2.50 bits per heavy atom. The van der Waals surface area contributed by atoms with Crippen LogP contribution in [0, 0.1) is 0 Å². The molecule has 0 saturated heterocycles. The first kappa shape index (κ1) is 10.0. The topological polar surface area (TPSA) is 112 Å². The standard InChI is InChI=1S/C10H9N3O3/c11-9-7(8(10(15)16)12-13-9)5-1-3-6(14)4-2-5/h1-4,14H,(H,15,16)(H3,11,12,13). The quantitative estimate of drug-likeness (QED) is 0.603. The molecule has 0 aliphatic heterocycles. The summed E-state index contributed by atoms with van der Waals surface area (Å²) in [6.45, 7) is 0. The molecule has 1 aromatic carbocycles. The van der Waals surface area contributed by atoms with Crippen LogP contribution in [0.25, 0.3) is 11.1 Å². The summed E-state index contributed by atoms with van der Waals surface area (Å²) >= 11 is 0. The van der Waals surface area contributed by atoms with Gasteiger partial charge in [-0.15, -0.1) is 0 Å². The summed E-state index contributed by atoms with van der Waals surface area (Å²) in [7, 11) is 0. The number of aromatic amines is 1. The molecule has 6 nitrogen and oxygen atoms in total. The number of phenolic OH excluding ortho intramolecular Hbond substituents is 1. The minimum Gasteiger partial charge on any atom is -0.508 e. The van der Waals surface area contributed by atoms with E-state index in [0.717, 1.165) is 0 Å². The molecule has 1 heterocycles. The van der Waals surface area contributed by atoms with Crippen molar-refractivity contribution in [3.05, 3.63) is 30.0 Å². The third-order valence-corrected chi connectivity index (χ3v) is 2.16. The lowest BCUT2D eigenvalue weighted by molar-refractivity contribution is 0.0691. The van der Waals surface area contributed by atoms with E-state index in [1.54, 1.807) is 12.1 Å². The van der Waals surface area contributed by atoms with Crippen LogP contribution in [0.5, 0.6) is 5.75 Å². The summed E-state index contributed by atoms with van der Waals surface area (Å²) in [4.78, 5) is 10.9. The van der Waals surface area contributed by atoms with Gasteiger partial charge in [0.1, 0.15) is 5.75 Å². The molecule has 0 atom stereocenters. The lowest BCUT2D eigenvalue weighted by Gasteiger charge is -2.01. The third-order valence-electron chi connectivity index (χ3n) is 2.16. The van der Waals surface area contributed by atoms with Crippen molar-refractivity contribution in [2.45, 2.75) is 0 Å². The number of nitrogens with zero attached hydrogens (tertiary/aromatic N) is 1. The average Bonchev–Trinajstić information content (AvgIpc) is 2.62. The van der Waals surface area contributed by atoms with Crippen LogP contribution in [-0.4, -0.2) is 26.4 Å². The van der Waals surface area contributed by atoms with E-state index >= 15 is 0 Å². The van der Waals surface area contributed by atoms with E-state index in [2.05, 4.69) is 10.2 Å². The van der Waals surface area contributed by atoms with E-state index in [1.807, 2.05) is 0 Å². The number of benzene rings is 1. The number of hydrogen-bond acceptors (Lipinski definition) is 4. The van der Waals surface area contributed by atoms with Crippen LogP contribution in [-0.2, 0) is 0 Å². The maximum atomic E-state index is 10.9. The molecule has 0 bridgehead atoms. The largest absolute Gasteiger partial charge is 0.508 e. The molecule has 6 heteroatoms. The minimum atomic E-state index is -1.13. The summed E-state index contributed by atoms with van der Waals surface area (Å²) in [5.74, 6) is -0.918. The molecule has 0 aliphatic rings. The molecule has 0 fully saturated rings. The zero-order chi connectivity index (χ0) is 11.7. The molecule has 2 rings (SSSR count). The Hall–Kier alpha value is -2.50. The van der Waals surface area contributed by atoms with Gasteiger partial charge in [-0.2, -0.15) is 5.10 Å². The van der Waals surface area contributed by atoms with Crippen molar-refractivity contribution >= 4 is 11.8 Å². The van der Waals surface area contributed by atoms with Crippen molar-refractivity contribution < 1.29 is 15.0 Å². The Morgan fingerprint density at radius 2 is 1.94 bits per heavy atom. The summed E-state index contributed by atoms with van der Waals surface area (Å²) in [5.41, 5.74) is 6.43. The number of carbonyl (C=O) groups is 1. The number of carboxylic acids is 1. The number of hydrogen-bond donors (Lipinski definition) is 4. The van der Waals surface area contributed by atoms with Crippen LogP contribution in [0.4, 0.5) is 5.82 Å². The second-order valence-corrected chi connectivity index (χ2v) is 3.21. The maximum absolute atomic E-state index is 10.9. The second-order valence-electron chi connectivity index (χ2n) is 3.21. The fourth-order valence-electron chi connectivity index (χ4n) is 1.43. The first-order valence-corrected chi connectivity index (χ1v) is 4.46. The third kappa shape index (κ3) is 1.56. The van der Waals surface area contributed by atoms with Crippen LogP contribution in [0.3, 0.4) is 0 Å². The summed E-state index contributed by atoms with van der Waals surface area (Å²) in [6, 6.07) is 6.05. The highest BCUT2D eigenvalue weighted by Crippen LogP contribution is 2.28. The van der Waals surface area contributed by atoms with Gasteiger partial charge in [-0.1, -0.05) is 12.1 Å². The minimum absolute atomic E-state index is 0.0665. The predicted molar refractivity (Wildman–Crippen MR) is 57.1 cm³/mol. The van der Waals surface area contributed by atoms with Gasteiger partial charge in [0.2, 0.25) is 0 Å². The molecule has 16 heavy (non-hydrogen) atoms. The Kier molecular flexibility index (Phi) is 2.24. The van der Waals surface area contributed by atoms with Crippen LogP contribution in [0.1, 0.15) is 10.5 Å². The Morgan fingerprint density at radius 1 is 1.31 bits per heavy atom. The van der Waals surface area contributed by atoms with Gasteiger partial charge in [-0.05, 0) is 17.7 Å². The Bertz CT molecular complexity index is 531. The number of nitrogens with one attached hydrogen (secondary N) is 1. The fraction of sp³-hybridized carbons (Fsp3) is 0. The number of aromatic carboxylic acids is 1. The molecule has 0 saturated carbocycles. The lowest BCUT2D eigenvalue weighted by atomic mass is 10.1. The summed E-state index contributed by atoms with van der Waals surface area (Å²) in [6.07, 6.45) is 0. The molecule has 1 aromatic heterocycles. The van der Waals surface area contributed by atoms with Gasteiger partial charge in [0.05, 0.1) is 5.56 Å². The van der Waals surface area contributed by atoms with Crippen LogP contribution in [0.15, 0.2) is 24.3 Å². The zero-order valence-corrected chi connectivity index (χ0v) is 8.14. The summed E-state index contributed by atoms with van der Waals surface area (Å²) in [5, 5.41) is 24.0. The van der Waals surface area contributed by atoms with Crippen molar-refractivity contribution in [2.24, 2.45) is 0 Å². The van der Waals surface area contributed by atoms with Crippen LogP contribution >= 0.6 is 0 Å². The smallest absolute Gasteiger partial charge is 0.354 e. The van der Waals surface area contributed by atoms with Crippen molar-refractivity contribution in [1.29, 1.82) is 0 Å². The molecule has 0 spiro atoms. The molecule has 5 N–H and O–H groups in total. The number of phenols is 1. The molecular formula is C10H9N3O3. The first-order chi connectivity index (χ1) is 7.59. The van der Waals surface area contributed by atoms with Crippen molar-refractivity contribution in [3.63, 3.8) is 0 Å². The van der Waals surface area contributed by atoms with Gasteiger partial charge in [0.25, 0.3) is 0 Å². The predicted octanol–water partition coefficient (Wildman–Crippen LogP) is 1.06. The van der Waals surface area contributed by atoms with E-state index in [1.165, 1.54) is 12.1 Å². The number of aromatic nitrogens is 2. The number of rotatable bonds is 2. The number of H-pyrrole nitrogens is 1. The zero-order valence-electron chi connectivity index (χ0n) is 8.14. The van der Waals surface area contributed by atoms with Gasteiger partial charge in [0, 0.05) is 0 Å². The molecule has 0 aliphatic carbocycles. The molecule has 0 amide bonds. The van der Waals surface area contributed by atoms with Crippen LogP contribution < -0.4 is 5.73 Å². The number of nitrogens with two attached hydrogens (primary N) is 1. The number of aromatic hydroxyl groups is 1. The average molecular weight is 219 g/mol. The second kappa shape index (κ2) is 3.58. The molecule has 2 aromatic rings. The van der Waals surface area contributed by atoms with Crippen LogP contribution in [0.2, 0.25) is 0 Å². The normalized spacial score (nSPS) is 10.2.